The Morgan fingerprint density at radius 2 is 0.821 bits per heavy atom. The largest absolute Gasteiger partial charge is 0.511 e. The number of rotatable bonds is 19. The van der Waals surface area contributed by atoms with Crippen LogP contribution in [0.1, 0.15) is 87.5 Å². The van der Waals surface area contributed by atoms with Crippen LogP contribution < -0.4 is 0 Å². The molecule has 0 bridgehead atoms. The molecule has 0 N–H and O–H groups in total. The Bertz CT molecular complexity index is 324. The van der Waals surface area contributed by atoms with Crippen molar-refractivity contribution in [2.45, 2.75) is 92.2 Å². The third-order valence-corrected chi connectivity index (χ3v) is 13.9. The van der Waals surface area contributed by atoms with E-state index in [-0.39, 0.29) is 0 Å². The van der Waals surface area contributed by atoms with Crippen LogP contribution in [0.25, 0.3) is 0 Å². The van der Waals surface area contributed by atoms with Gasteiger partial charge in [0.2, 0.25) is 0 Å². The highest BCUT2D eigenvalue weighted by atomic mass is 28.5. The summed E-state index contributed by atoms with van der Waals surface area (Å²) in [6, 6.07) is 0. The van der Waals surface area contributed by atoms with Crippen molar-refractivity contribution in [2.75, 3.05) is 39.6 Å². The summed E-state index contributed by atoms with van der Waals surface area (Å²) in [4.78, 5) is 0. The second-order valence-corrected chi connectivity index (χ2v) is 13.5. The molecule has 6 nitrogen and oxygen atoms in total. The molecule has 0 aliphatic carbocycles. The summed E-state index contributed by atoms with van der Waals surface area (Å²) in [7, 11) is -6.34. The Balaban J connectivity index is 6.41. The van der Waals surface area contributed by atoms with Gasteiger partial charge in [-0.05, 0) is 48.0 Å². The van der Waals surface area contributed by atoms with Crippen molar-refractivity contribution in [3.8, 4) is 0 Å². The van der Waals surface area contributed by atoms with Gasteiger partial charge >= 0.3 is 17.6 Å². The summed E-state index contributed by atoms with van der Waals surface area (Å²) < 4.78 is 37.6. The first-order valence-corrected chi connectivity index (χ1v) is 14.7. The molecule has 0 aromatic carbocycles. The fraction of sp³-hybridized carbons (Fsp3) is 1.00. The SMILES string of the molecule is CCCCCCC(C)([Si](OCC)(OCC)OCC)[Si](OCC)(OCC)OCC. The first kappa shape index (κ1) is 28.2. The van der Waals surface area contributed by atoms with E-state index in [0.717, 1.165) is 19.3 Å². The maximum absolute atomic E-state index is 6.37. The van der Waals surface area contributed by atoms with E-state index >= 15 is 0 Å². The van der Waals surface area contributed by atoms with Crippen LogP contribution in [0, 0.1) is 0 Å². The van der Waals surface area contributed by atoms with E-state index in [2.05, 4.69) is 13.8 Å². The predicted octanol–water partition coefficient (Wildman–Crippen LogP) is 5.35. The minimum Gasteiger partial charge on any atom is -0.373 e. The van der Waals surface area contributed by atoms with Crippen molar-refractivity contribution in [1.29, 1.82) is 0 Å². The number of hydrogen-bond acceptors (Lipinski definition) is 6. The summed E-state index contributed by atoms with van der Waals surface area (Å²) in [5.74, 6) is 0. The van der Waals surface area contributed by atoms with Crippen LogP contribution in [-0.2, 0) is 26.6 Å². The van der Waals surface area contributed by atoms with E-state index in [0.29, 0.717) is 39.6 Å². The molecule has 0 saturated heterocycles. The molecule has 0 aliphatic heterocycles. The van der Waals surface area contributed by atoms with Gasteiger partial charge in [-0.2, -0.15) is 0 Å². The molecule has 0 amide bonds. The van der Waals surface area contributed by atoms with Crippen molar-refractivity contribution in [1.82, 2.24) is 0 Å². The second kappa shape index (κ2) is 15.1. The van der Waals surface area contributed by atoms with Gasteiger partial charge in [0, 0.05) is 39.6 Å². The summed E-state index contributed by atoms with van der Waals surface area (Å²) in [5, 5.41) is 0. The molecule has 170 valence electrons. The van der Waals surface area contributed by atoms with Gasteiger partial charge in [-0.1, -0.05) is 39.5 Å². The molecule has 0 aliphatic rings. The zero-order valence-corrected chi connectivity index (χ0v) is 21.7. The van der Waals surface area contributed by atoms with Crippen LogP contribution in [0.5, 0.6) is 0 Å². The van der Waals surface area contributed by atoms with E-state index in [1.54, 1.807) is 0 Å². The van der Waals surface area contributed by atoms with Gasteiger partial charge in [0.1, 0.15) is 4.66 Å². The molecule has 0 aromatic rings. The van der Waals surface area contributed by atoms with Gasteiger partial charge in [-0.25, -0.2) is 0 Å². The number of hydrogen-bond donors (Lipinski definition) is 0. The zero-order valence-electron chi connectivity index (χ0n) is 19.7. The average molecular weight is 439 g/mol. The Hall–Kier alpha value is 0.194. The molecule has 28 heavy (non-hydrogen) atoms. The average Bonchev–Trinajstić information content (AvgIpc) is 2.66. The third-order valence-electron chi connectivity index (χ3n) is 4.89. The van der Waals surface area contributed by atoms with Crippen molar-refractivity contribution < 1.29 is 26.6 Å². The molecule has 0 heterocycles. The monoisotopic (exact) mass is 438 g/mol. The number of unbranched alkanes of at least 4 members (excludes halogenated alkanes) is 3. The Kier molecular flexibility index (Phi) is 15.2. The molecule has 0 rings (SSSR count). The van der Waals surface area contributed by atoms with E-state index in [9.17, 15) is 0 Å². The highest BCUT2D eigenvalue weighted by molar-refractivity contribution is 6.85. The van der Waals surface area contributed by atoms with Crippen molar-refractivity contribution in [3.63, 3.8) is 0 Å². The minimum atomic E-state index is -3.17. The maximum Gasteiger partial charge on any atom is 0.511 e. The van der Waals surface area contributed by atoms with Crippen molar-refractivity contribution >= 4 is 17.6 Å². The van der Waals surface area contributed by atoms with Gasteiger partial charge in [0.15, 0.2) is 0 Å². The van der Waals surface area contributed by atoms with Gasteiger partial charge in [-0.15, -0.1) is 0 Å². The predicted molar refractivity (Wildman–Crippen MR) is 118 cm³/mol. The highest BCUT2D eigenvalue weighted by Crippen LogP contribution is 2.53. The van der Waals surface area contributed by atoms with Crippen LogP contribution >= 0.6 is 0 Å². The third kappa shape index (κ3) is 6.87. The normalized spacial score (nSPS) is 13.3. The lowest BCUT2D eigenvalue weighted by Gasteiger charge is -2.49. The molecular weight excluding hydrogens is 392 g/mol. The summed E-state index contributed by atoms with van der Waals surface area (Å²) in [6.45, 7) is 19.4. The highest BCUT2D eigenvalue weighted by Gasteiger charge is 2.74. The van der Waals surface area contributed by atoms with Crippen LogP contribution in [0.2, 0.25) is 4.66 Å². The first-order valence-electron chi connectivity index (χ1n) is 11.3. The molecule has 0 atom stereocenters. The smallest absolute Gasteiger partial charge is 0.373 e. The lowest BCUT2D eigenvalue weighted by molar-refractivity contribution is 0.0113. The standard InChI is InChI=1S/C20H46O6Si2/c1-9-16-17-18-19-20(8,27(21-10-2,22-11-3)23-12-4)28(24-13-5,25-14-6)26-15-7/h9-19H2,1-8H3. The lowest BCUT2D eigenvalue weighted by Crippen LogP contribution is -2.70. The molecule has 0 unspecified atom stereocenters. The Morgan fingerprint density at radius 3 is 1.07 bits per heavy atom. The maximum atomic E-state index is 6.37. The topological polar surface area (TPSA) is 55.4 Å². The summed E-state index contributed by atoms with van der Waals surface area (Å²) in [5.41, 5.74) is 0. The van der Waals surface area contributed by atoms with Crippen LogP contribution in [0.4, 0.5) is 0 Å². The Labute approximate surface area is 176 Å². The zero-order chi connectivity index (χ0) is 21.5. The lowest BCUT2D eigenvalue weighted by atomic mass is 10.1. The first-order chi connectivity index (χ1) is 13.4. The fourth-order valence-electron chi connectivity index (χ4n) is 3.74. The molecule has 0 aromatic heterocycles. The molecule has 0 saturated carbocycles. The molecule has 0 radical (unpaired) electrons. The molecular formula is C20H46O6Si2. The van der Waals surface area contributed by atoms with Gasteiger partial charge < -0.3 is 26.6 Å². The van der Waals surface area contributed by atoms with E-state index in [4.69, 9.17) is 26.6 Å². The van der Waals surface area contributed by atoms with Crippen LogP contribution in [0.15, 0.2) is 0 Å². The second-order valence-electron chi connectivity index (χ2n) is 6.85. The van der Waals surface area contributed by atoms with Gasteiger partial charge in [0.05, 0.1) is 0 Å². The van der Waals surface area contributed by atoms with E-state index in [1.807, 2.05) is 41.5 Å². The molecule has 0 fully saturated rings. The fourth-order valence-corrected chi connectivity index (χ4v) is 12.2. The van der Waals surface area contributed by atoms with Crippen LogP contribution in [-0.4, -0.2) is 57.3 Å². The molecule has 0 spiro atoms. The van der Waals surface area contributed by atoms with Crippen molar-refractivity contribution in [3.05, 3.63) is 0 Å². The molecule has 8 heteroatoms. The summed E-state index contributed by atoms with van der Waals surface area (Å²) >= 11 is 0. The van der Waals surface area contributed by atoms with E-state index in [1.165, 1.54) is 12.8 Å². The van der Waals surface area contributed by atoms with E-state index < -0.39 is 22.3 Å². The Morgan fingerprint density at radius 1 is 0.500 bits per heavy atom. The minimum absolute atomic E-state index is 0.519. The van der Waals surface area contributed by atoms with Gasteiger partial charge in [0.25, 0.3) is 0 Å². The van der Waals surface area contributed by atoms with Gasteiger partial charge in [-0.3, -0.25) is 0 Å². The summed E-state index contributed by atoms with van der Waals surface area (Å²) in [6.07, 6.45) is 5.41. The quantitative estimate of drug-likeness (QED) is 0.200. The van der Waals surface area contributed by atoms with Crippen LogP contribution in [0.3, 0.4) is 0 Å². The van der Waals surface area contributed by atoms with Crippen molar-refractivity contribution in [2.24, 2.45) is 0 Å².